The van der Waals surface area contributed by atoms with Crippen LogP contribution in [0.25, 0.3) is 0 Å². The van der Waals surface area contributed by atoms with Gasteiger partial charge in [-0.05, 0) is 42.7 Å². The number of alkyl halides is 3. The van der Waals surface area contributed by atoms with Crippen molar-refractivity contribution in [3.8, 4) is 5.75 Å². The summed E-state index contributed by atoms with van der Waals surface area (Å²) in [6, 6.07) is 9.60. The van der Waals surface area contributed by atoms with Crippen LogP contribution in [0, 0.1) is 0 Å². The average molecular weight is 395 g/mol. The Labute approximate surface area is 157 Å². The van der Waals surface area contributed by atoms with Gasteiger partial charge in [0.15, 0.2) is 5.16 Å². The van der Waals surface area contributed by atoms with Gasteiger partial charge in [0.25, 0.3) is 0 Å². The van der Waals surface area contributed by atoms with Crippen molar-refractivity contribution in [1.82, 2.24) is 14.8 Å². The van der Waals surface area contributed by atoms with Crippen LogP contribution in [-0.2, 0) is 12.3 Å². The molecule has 0 radical (unpaired) electrons. The molecule has 142 valence electrons. The second-order valence-electron chi connectivity index (χ2n) is 6.26. The largest absolute Gasteiger partial charge is 0.573 e. The van der Waals surface area contributed by atoms with Gasteiger partial charge in [0.1, 0.15) is 17.3 Å². The van der Waals surface area contributed by atoms with Gasteiger partial charge in [-0.1, -0.05) is 23.9 Å². The fraction of sp³-hybridized carbons (Fsp3) is 0.333. The van der Waals surface area contributed by atoms with Crippen LogP contribution in [0.15, 0.2) is 52.2 Å². The van der Waals surface area contributed by atoms with E-state index in [-0.39, 0.29) is 5.75 Å². The molecule has 9 heteroatoms. The van der Waals surface area contributed by atoms with E-state index in [0.717, 1.165) is 35.1 Å². The Hall–Kier alpha value is -2.42. The predicted molar refractivity (Wildman–Crippen MR) is 92.5 cm³/mol. The summed E-state index contributed by atoms with van der Waals surface area (Å²) in [6.07, 6.45) is -0.825. The normalized spacial score (nSPS) is 14.5. The van der Waals surface area contributed by atoms with E-state index in [1.165, 1.54) is 23.9 Å². The number of aromatic nitrogens is 3. The fourth-order valence-electron chi connectivity index (χ4n) is 2.69. The Bertz CT molecular complexity index is 888. The summed E-state index contributed by atoms with van der Waals surface area (Å²) in [5.74, 6) is 2.57. The summed E-state index contributed by atoms with van der Waals surface area (Å²) in [5.41, 5.74) is 0.870. The van der Waals surface area contributed by atoms with Crippen molar-refractivity contribution in [2.75, 3.05) is 0 Å². The first-order valence-corrected chi connectivity index (χ1v) is 9.39. The number of thioether (sulfide) groups is 1. The molecule has 2 aromatic heterocycles. The highest BCUT2D eigenvalue weighted by molar-refractivity contribution is 7.98. The Kier molecular flexibility index (Phi) is 4.86. The molecule has 1 fully saturated rings. The van der Waals surface area contributed by atoms with Crippen molar-refractivity contribution in [1.29, 1.82) is 0 Å². The Morgan fingerprint density at radius 1 is 1.15 bits per heavy atom. The number of benzene rings is 1. The van der Waals surface area contributed by atoms with Crippen molar-refractivity contribution in [3.05, 3.63) is 59.8 Å². The molecule has 1 aliphatic rings. The number of halogens is 3. The van der Waals surface area contributed by atoms with Gasteiger partial charge < -0.3 is 9.15 Å². The van der Waals surface area contributed by atoms with E-state index >= 15 is 0 Å². The highest BCUT2D eigenvalue weighted by atomic mass is 32.2. The van der Waals surface area contributed by atoms with Crippen molar-refractivity contribution in [2.45, 2.75) is 42.6 Å². The second-order valence-corrected chi connectivity index (χ2v) is 7.20. The molecular formula is C18H16F3N3O2S. The van der Waals surface area contributed by atoms with E-state index in [9.17, 15) is 13.2 Å². The lowest BCUT2D eigenvalue weighted by molar-refractivity contribution is -0.274. The topological polar surface area (TPSA) is 53.1 Å². The molecule has 0 unspecified atom stereocenters. The van der Waals surface area contributed by atoms with Crippen LogP contribution in [0.5, 0.6) is 5.75 Å². The van der Waals surface area contributed by atoms with Gasteiger partial charge in [-0.25, -0.2) is 0 Å². The minimum absolute atomic E-state index is 0.228. The van der Waals surface area contributed by atoms with Crippen LogP contribution in [0.1, 0.15) is 35.9 Å². The highest BCUT2D eigenvalue weighted by Gasteiger charge is 2.31. The summed E-state index contributed by atoms with van der Waals surface area (Å²) in [7, 11) is 0. The van der Waals surface area contributed by atoms with Crippen LogP contribution in [-0.4, -0.2) is 21.1 Å². The van der Waals surface area contributed by atoms with E-state index in [1.807, 2.05) is 12.1 Å². The second kappa shape index (κ2) is 7.30. The van der Waals surface area contributed by atoms with Gasteiger partial charge in [0, 0.05) is 11.7 Å². The molecule has 0 bridgehead atoms. The van der Waals surface area contributed by atoms with Gasteiger partial charge in [-0.15, -0.1) is 23.4 Å². The predicted octanol–water partition coefficient (Wildman–Crippen LogP) is 4.99. The smallest absolute Gasteiger partial charge is 0.467 e. The lowest BCUT2D eigenvalue weighted by Gasteiger charge is -2.10. The standard InChI is InChI=1S/C18H16F3N3O2S/c19-18(20,21)26-14-7-3-12(4-8-14)11-27-17-23-22-16(13-5-6-13)24(17)10-15-2-1-9-25-15/h1-4,7-9,13H,5-6,10-11H2. The zero-order chi connectivity index (χ0) is 18.9. The number of nitrogens with zero attached hydrogens (tertiary/aromatic N) is 3. The van der Waals surface area contributed by atoms with Crippen LogP contribution in [0.3, 0.4) is 0 Å². The fourth-order valence-corrected chi connectivity index (χ4v) is 3.59. The molecular weight excluding hydrogens is 379 g/mol. The van der Waals surface area contributed by atoms with Gasteiger partial charge in [-0.2, -0.15) is 0 Å². The third kappa shape index (κ3) is 4.65. The molecule has 0 spiro atoms. The highest BCUT2D eigenvalue weighted by Crippen LogP contribution is 2.40. The summed E-state index contributed by atoms with van der Waals surface area (Å²) in [5, 5.41) is 9.40. The van der Waals surface area contributed by atoms with Gasteiger partial charge in [0.2, 0.25) is 0 Å². The zero-order valence-electron chi connectivity index (χ0n) is 14.1. The molecule has 1 aliphatic carbocycles. The quantitative estimate of drug-likeness (QED) is 0.528. The minimum Gasteiger partial charge on any atom is -0.467 e. The maximum absolute atomic E-state index is 12.2. The number of hydrogen-bond donors (Lipinski definition) is 0. The number of furan rings is 1. The molecule has 1 saturated carbocycles. The number of ether oxygens (including phenoxy) is 1. The summed E-state index contributed by atoms with van der Waals surface area (Å²) < 4.78 is 48.1. The SMILES string of the molecule is FC(F)(F)Oc1ccc(CSc2nnc(C3CC3)n2Cc2ccco2)cc1. The van der Waals surface area contributed by atoms with E-state index in [2.05, 4.69) is 19.5 Å². The monoisotopic (exact) mass is 395 g/mol. The summed E-state index contributed by atoms with van der Waals surface area (Å²) in [4.78, 5) is 0. The Morgan fingerprint density at radius 2 is 1.93 bits per heavy atom. The van der Waals surface area contributed by atoms with E-state index in [1.54, 1.807) is 18.4 Å². The molecule has 27 heavy (non-hydrogen) atoms. The first-order chi connectivity index (χ1) is 13.0. The van der Waals surface area contributed by atoms with Crippen molar-refractivity contribution >= 4 is 11.8 Å². The third-order valence-corrected chi connectivity index (χ3v) is 5.14. The maximum Gasteiger partial charge on any atom is 0.573 e. The van der Waals surface area contributed by atoms with E-state index in [0.29, 0.717) is 18.2 Å². The van der Waals surface area contributed by atoms with Gasteiger partial charge in [0.05, 0.1) is 12.8 Å². The van der Waals surface area contributed by atoms with E-state index < -0.39 is 6.36 Å². The van der Waals surface area contributed by atoms with Crippen LogP contribution < -0.4 is 4.74 Å². The number of rotatable bonds is 7. The first kappa shape index (κ1) is 18.0. The Morgan fingerprint density at radius 3 is 2.56 bits per heavy atom. The minimum atomic E-state index is -4.68. The molecule has 0 saturated heterocycles. The Balaban J connectivity index is 1.45. The molecule has 0 atom stereocenters. The third-order valence-electron chi connectivity index (χ3n) is 4.11. The van der Waals surface area contributed by atoms with Crippen LogP contribution in [0.4, 0.5) is 13.2 Å². The first-order valence-electron chi connectivity index (χ1n) is 8.41. The van der Waals surface area contributed by atoms with Gasteiger partial charge in [-0.3, -0.25) is 4.57 Å². The molecule has 0 aliphatic heterocycles. The zero-order valence-corrected chi connectivity index (χ0v) is 15.0. The molecule has 3 aromatic rings. The van der Waals surface area contributed by atoms with Crippen molar-refractivity contribution < 1.29 is 22.3 Å². The summed E-state index contributed by atoms with van der Waals surface area (Å²) in [6.45, 7) is 0.562. The summed E-state index contributed by atoms with van der Waals surface area (Å²) >= 11 is 1.49. The molecule has 0 N–H and O–H groups in total. The van der Waals surface area contributed by atoms with Crippen molar-refractivity contribution in [2.24, 2.45) is 0 Å². The van der Waals surface area contributed by atoms with Crippen LogP contribution >= 0.6 is 11.8 Å². The van der Waals surface area contributed by atoms with Crippen molar-refractivity contribution in [3.63, 3.8) is 0 Å². The van der Waals surface area contributed by atoms with Crippen LogP contribution in [0.2, 0.25) is 0 Å². The average Bonchev–Trinajstić information content (AvgIpc) is 3.18. The molecule has 2 heterocycles. The molecule has 5 nitrogen and oxygen atoms in total. The lowest BCUT2D eigenvalue weighted by Crippen LogP contribution is -2.16. The molecule has 4 rings (SSSR count). The lowest BCUT2D eigenvalue weighted by atomic mass is 10.2. The van der Waals surface area contributed by atoms with Gasteiger partial charge >= 0.3 is 6.36 Å². The molecule has 0 amide bonds. The molecule has 1 aromatic carbocycles. The number of hydrogen-bond acceptors (Lipinski definition) is 5. The maximum atomic E-state index is 12.2. The van der Waals surface area contributed by atoms with E-state index in [4.69, 9.17) is 4.42 Å².